The molecule has 0 atom stereocenters. The van der Waals surface area contributed by atoms with E-state index in [1.54, 1.807) is 6.92 Å². The maximum Gasteiger partial charge on any atom is 0.330 e. The summed E-state index contributed by atoms with van der Waals surface area (Å²) in [5.74, 6) is -0.0936. The van der Waals surface area contributed by atoms with E-state index >= 15 is 0 Å². The first-order valence-electron chi connectivity index (χ1n) is 9.12. The number of hydrogen-bond acceptors (Lipinski definition) is 3. The lowest BCUT2D eigenvalue weighted by atomic mass is 9.72. The van der Waals surface area contributed by atoms with E-state index in [1.807, 2.05) is 38.1 Å². The van der Waals surface area contributed by atoms with Crippen molar-refractivity contribution in [2.24, 2.45) is 0 Å². The van der Waals surface area contributed by atoms with E-state index in [1.165, 1.54) is 6.08 Å². The van der Waals surface area contributed by atoms with Gasteiger partial charge in [0.1, 0.15) is 0 Å². The number of carbonyl (C=O) groups excluding carboxylic acids is 2. The zero-order valence-electron chi connectivity index (χ0n) is 16.4. The highest BCUT2D eigenvalue weighted by Crippen LogP contribution is 2.37. The number of hydrogen-bond donors (Lipinski definition) is 0. The first-order chi connectivity index (χ1) is 12.2. The van der Waals surface area contributed by atoms with Gasteiger partial charge in [-0.3, -0.25) is 4.79 Å². The molecule has 0 spiro atoms. The second kappa shape index (κ2) is 8.31. The molecule has 0 saturated heterocycles. The maximum absolute atomic E-state index is 12.3. The number of Topliss-reactive ketones (excluding diaryl/α,β-unsaturated/α-hetero) is 1. The number of benzene rings is 1. The van der Waals surface area contributed by atoms with Crippen LogP contribution in [0.2, 0.25) is 0 Å². The molecule has 0 unspecified atom stereocenters. The molecule has 1 aromatic carbocycles. The molecule has 0 fully saturated rings. The first kappa shape index (κ1) is 19.9. The van der Waals surface area contributed by atoms with Crippen LogP contribution >= 0.6 is 0 Å². The molecule has 0 N–H and O–H groups in total. The number of ether oxygens (including phenoxy) is 1. The zero-order chi connectivity index (χ0) is 19.3. The van der Waals surface area contributed by atoms with Crippen LogP contribution in [0.5, 0.6) is 0 Å². The molecule has 0 heterocycles. The van der Waals surface area contributed by atoms with Gasteiger partial charge in [-0.1, -0.05) is 44.2 Å². The van der Waals surface area contributed by atoms with E-state index in [4.69, 9.17) is 4.74 Å². The van der Waals surface area contributed by atoms with Crippen LogP contribution in [-0.4, -0.2) is 18.4 Å². The predicted molar refractivity (Wildman–Crippen MR) is 106 cm³/mol. The van der Waals surface area contributed by atoms with Gasteiger partial charge < -0.3 is 4.74 Å². The van der Waals surface area contributed by atoms with E-state index in [9.17, 15) is 9.59 Å². The van der Waals surface area contributed by atoms with E-state index < -0.39 is 0 Å². The summed E-state index contributed by atoms with van der Waals surface area (Å²) in [5.41, 5.74) is 5.00. The van der Waals surface area contributed by atoms with Crippen LogP contribution in [0.1, 0.15) is 68.9 Å². The first-order valence-corrected chi connectivity index (χ1v) is 9.12. The number of carbonyl (C=O) groups is 2. The Labute approximate surface area is 156 Å². The Balaban J connectivity index is 2.20. The van der Waals surface area contributed by atoms with Gasteiger partial charge in [0, 0.05) is 18.1 Å². The van der Waals surface area contributed by atoms with E-state index in [0.29, 0.717) is 13.0 Å². The molecule has 0 bridgehead atoms. The number of allylic oxidation sites excluding steroid dienone is 5. The lowest BCUT2D eigenvalue weighted by Gasteiger charge is -2.32. The minimum absolute atomic E-state index is 0.0499. The average Bonchev–Trinajstić information content (AvgIpc) is 2.58. The highest BCUT2D eigenvalue weighted by Gasteiger charge is 2.31. The fraction of sp³-hybridized carbons (Fsp3) is 0.391. The molecule has 0 aromatic heterocycles. The molecule has 0 saturated carbocycles. The second-order valence-electron chi connectivity index (χ2n) is 7.42. The summed E-state index contributed by atoms with van der Waals surface area (Å²) >= 11 is 0. The zero-order valence-corrected chi connectivity index (χ0v) is 16.4. The van der Waals surface area contributed by atoms with Crippen molar-refractivity contribution in [2.45, 2.75) is 52.9 Å². The molecule has 2 rings (SSSR count). The van der Waals surface area contributed by atoms with Gasteiger partial charge in [-0.25, -0.2) is 4.79 Å². The Kier molecular flexibility index (Phi) is 6.36. The number of ketones is 1. The van der Waals surface area contributed by atoms with Crippen LogP contribution in [0.3, 0.4) is 0 Å². The summed E-state index contributed by atoms with van der Waals surface area (Å²) in [6.07, 6.45) is 8.76. The molecular weight excluding hydrogens is 324 g/mol. The van der Waals surface area contributed by atoms with Gasteiger partial charge in [0.2, 0.25) is 0 Å². The summed E-state index contributed by atoms with van der Waals surface area (Å²) < 4.78 is 4.89. The summed E-state index contributed by atoms with van der Waals surface area (Å²) in [5, 5.41) is 0. The van der Waals surface area contributed by atoms with E-state index in [2.05, 4.69) is 26.0 Å². The third kappa shape index (κ3) is 4.81. The van der Waals surface area contributed by atoms with Gasteiger partial charge in [-0.15, -0.1) is 0 Å². The summed E-state index contributed by atoms with van der Waals surface area (Å²) in [6, 6.07) is 6.19. The van der Waals surface area contributed by atoms with Crippen molar-refractivity contribution in [2.75, 3.05) is 6.61 Å². The van der Waals surface area contributed by atoms with E-state index in [0.717, 1.165) is 34.3 Å². The van der Waals surface area contributed by atoms with Crippen LogP contribution in [0, 0.1) is 0 Å². The number of rotatable bonds is 5. The quantitative estimate of drug-likeness (QED) is 0.404. The molecule has 0 aliphatic heterocycles. The third-order valence-electron chi connectivity index (χ3n) is 4.82. The van der Waals surface area contributed by atoms with Crippen molar-refractivity contribution in [1.29, 1.82) is 0 Å². The molecule has 26 heavy (non-hydrogen) atoms. The molecule has 138 valence electrons. The highest BCUT2D eigenvalue weighted by atomic mass is 16.5. The molecule has 0 amide bonds. The standard InChI is InChI=1S/C23H28O3/c1-6-26-22(25)14-16(2)8-7-9-17(3)18-10-11-20-19(15-18)21(24)12-13-23(20,4)5/h7-11,14-15H,6,12-13H2,1-5H3/b8-7+,16-14+,17-9+. The topological polar surface area (TPSA) is 43.4 Å². The Hall–Kier alpha value is -2.42. The molecule has 0 radical (unpaired) electrons. The molecule has 1 aromatic rings. The highest BCUT2D eigenvalue weighted by molar-refractivity contribution is 6.00. The predicted octanol–water partition coefficient (Wildman–Crippen LogP) is 5.41. The normalized spacial score (nSPS) is 17.3. The Morgan fingerprint density at radius 1 is 1.27 bits per heavy atom. The number of fused-ring (bicyclic) bond motifs is 1. The monoisotopic (exact) mass is 352 g/mol. The Morgan fingerprint density at radius 2 is 2.00 bits per heavy atom. The lowest BCUT2D eigenvalue weighted by molar-refractivity contribution is -0.137. The smallest absolute Gasteiger partial charge is 0.330 e. The van der Waals surface area contributed by atoms with Crippen molar-refractivity contribution >= 4 is 17.3 Å². The second-order valence-corrected chi connectivity index (χ2v) is 7.42. The molecular formula is C23H28O3. The summed E-state index contributed by atoms with van der Waals surface area (Å²) in [4.78, 5) is 23.7. The fourth-order valence-corrected chi connectivity index (χ4v) is 3.16. The number of esters is 1. The average molecular weight is 352 g/mol. The van der Waals surface area contributed by atoms with Crippen molar-refractivity contribution in [3.8, 4) is 0 Å². The van der Waals surface area contributed by atoms with Crippen LogP contribution in [0.25, 0.3) is 5.57 Å². The van der Waals surface area contributed by atoms with Gasteiger partial charge in [0.25, 0.3) is 0 Å². The minimum Gasteiger partial charge on any atom is -0.463 e. The maximum atomic E-state index is 12.3. The molecule has 3 nitrogen and oxygen atoms in total. The Morgan fingerprint density at radius 3 is 2.69 bits per heavy atom. The summed E-state index contributed by atoms with van der Waals surface area (Å²) in [7, 11) is 0. The van der Waals surface area contributed by atoms with Crippen LogP contribution in [0.4, 0.5) is 0 Å². The fourth-order valence-electron chi connectivity index (χ4n) is 3.16. The largest absolute Gasteiger partial charge is 0.463 e. The molecule has 3 heteroatoms. The van der Waals surface area contributed by atoms with Crippen LogP contribution in [0.15, 0.2) is 48.1 Å². The van der Waals surface area contributed by atoms with E-state index in [-0.39, 0.29) is 17.2 Å². The van der Waals surface area contributed by atoms with Gasteiger partial charge >= 0.3 is 5.97 Å². The van der Waals surface area contributed by atoms with Crippen molar-refractivity contribution < 1.29 is 14.3 Å². The minimum atomic E-state index is -0.328. The third-order valence-corrected chi connectivity index (χ3v) is 4.82. The van der Waals surface area contributed by atoms with Gasteiger partial charge in [0.15, 0.2) is 5.78 Å². The van der Waals surface area contributed by atoms with Gasteiger partial charge in [-0.2, -0.15) is 0 Å². The van der Waals surface area contributed by atoms with Crippen molar-refractivity contribution in [1.82, 2.24) is 0 Å². The SMILES string of the molecule is CCOC(=O)/C=C(C)/C=C/C=C(\C)c1ccc2c(c1)C(=O)CCC2(C)C. The van der Waals surface area contributed by atoms with Crippen LogP contribution < -0.4 is 0 Å². The van der Waals surface area contributed by atoms with Crippen molar-refractivity contribution in [3.05, 3.63) is 64.8 Å². The Bertz CT molecular complexity index is 792. The van der Waals surface area contributed by atoms with Crippen molar-refractivity contribution in [3.63, 3.8) is 0 Å². The molecule has 1 aliphatic carbocycles. The lowest BCUT2D eigenvalue weighted by Crippen LogP contribution is -2.27. The van der Waals surface area contributed by atoms with Gasteiger partial charge in [0.05, 0.1) is 6.61 Å². The molecule has 1 aliphatic rings. The van der Waals surface area contributed by atoms with Gasteiger partial charge in [-0.05, 0) is 60.9 Å². The summed E-state index contributed by atoms with van der Waals surface area (Å²) in [6.45, 7) is 10.4. The van der Waals surface area contributed by atoms with Crippen LogP contribution in [-0.2, 0) is 14.9 Å².